The monoisotopic (exact) mass is 617 g/mol. The van der Waals surface area contributed by atoms with Gasteiger partial charge in [0.25, 0.3) is 0 Å². The van der Waals surface area contributed by atoms with E-state index in [0.717, 1.165) is 39.0 Å². The minimum absolute atomic E-state index is 0.883. The smallest absolute Gasteiger partial charge is 0.137 e. The van der Waals surface area contributed by atoms with Crippen LogP contribution in [0.3, 0.4) is 0 Å². The van der Waals surface area contributed by atoms with Gasteiger partial charge in [-0.1, -0.05) is 115 Å². The fourth-order valence-electron chi connectivity index (χ4n) is 7.27. The first-order chi connectivity index (χ1) is 23.3. The highest BCUT2D eigenvalue weighted by Crippen LogP contribution is 2.45. The Bertz CT molecular complexity index is 2800. The van der Waals surface area contributed by atoms with Gasteiger partial charge in [0.1, 0.15) is 11.2 Å². The fraction of sp³-hybridized carbons (Fsp3) is 0. The predicted molar refractivity (Wildman–Crippen MR) is 202 cm³/mol. The summed E-state index contributed by atoms with van der Waals surface area (Å²) in [6, 6.07) is 59.0. The maximum atomic E-state index is 6.37. The zero-order valence-corrected chi connectivity index (χ0v) is 26.2. The topological polar surface area (TPSA) is 16.4 Å². The minimum Gasteiger partial charge on any atom is -0.456 e. The minimum atomic E-state index is 0.883. The summed E-state index contributed by atoms with van der Waals surface area (Å²) in [4.78, 5) is 2.39. The van der Waals surface area contributed by atoms with Crippen molar-refractivity contribution in [2.45, 2.75) is 0 Å². The maximum absolute atomic E-state index is 6.37. The van der Waals surface area contributed by atoms with Gasteiger partial charge in [-0.25, -0.2) is 0 Å². The van der Waals surface area contributed by atoms with Crippen molar-refractivity contribution in [2.75, 3.05) is 4.90 Å². The van der Waals surface area contributed by atoms with Gasteiger partial charge in [0.15, 0.2) is 0 Å². The number of benzene rings is 8. The van der Waals surface area contributed by atoms with E-state index in [9.17, 15) is 0 Å². The van der Waals surface area contributed by atoms with Gasteiger partial charge in [-0.2, -0.15) is 0 Å². The molecule has 0 aliphatic rings. The van der Waals surface area contributed by atoms with Crippen LogP contribution in [0.5, 0.6) is 0 Å². The van der Waals surface area contributed by atoms with Crippen molar-refractivity contribution >= 4 is 92.1 Å². The molecule has 2 nitrogen and oxygen atoms in total. The van der Waals surface area contributed by atoms with Gasteiger partial charge in [-0.3, -0.25) is 0 Å². The Labute approximate surface area is 275 Å². The van der Waals surface area contributed by atoms with E-state index in [1.165, 1.54) is 52.8 Å². The Morgan fingerprint density at radius 3 is 2.04 bits per heavy atom. The molecule has 10 rings (SSSR count). The summed E-state index contributed by atoms with van der Waals surface area (Å²) in [5.74, 6) is 0. The first kappa shape index (κ1) is 26.3. The lowest BCUT2D eigenvalue weighted by atomic mass is 9.98. The van der Waals surface area contributed by atoms with E-state index < -0.39 is 0 Å². The van der Waals surface area contributed by atoms with E-state index in [1.54, 1.807) is 0 Å². The molecule has 220 valence electrons. The second-order valence-corrected chi connectivity index (χ2v) is 13.2. The number of fused-ring (bicyclic) bond motifs is 9. The Balaban J connectivity index is 1.22. The van der Waals surface area contributed by atoms with Gasteiger partial charge in [0.2, 0.25) is 0 Å². The molecule has 0 N–H and O–H groups in total. The molecule has 0 amide bonds. The summed E-state index contributed by atoms with van der Waals surface area (Å²) in [5.41, 5.74) is 7.51. The number of hydrogen-bond donors (Lipinski definition) is 0. The van der Waals surface area contributed by atoms with Crippen molar-refractivity contribution in [3.05, 3.63) is 164 Å². The lowest BCUT2D eigenvalue weighted by molar-refractivity contribution is 0.669. The van der Waals surface area contributed by atoms with Crippen molar-refractivity contribution in [1.29, 1.82) is 0 Å². The number of hydrogen-bond acceptors (Lipinski definition) is 3. The lowest BCUT2D eigenvalue weighted by Gasteiger charge is -2.27. The molecule has 2 heterocycles. The van der Waals surface area contributed by atoms with Crippen LogP contribution in [0.15, 0.2) is 168 Å². The predicted octanol–water partition coefficient (Wildman–Crippen LogP) is 13.4. The van der Waals surface area contributed by atoms with Crippen molar-refractivity contribution in [3.8, 4) is 11.1 Å². The highest BCUT2D eigenvalue weighted by molar-refractivity contribution is 7.26. The van der Waals surface area contributed by atoms with Crippen molar-refractivity contribution in [3.63, 3.8) is 0 Å². The van der Waals surface area contributed by atoms with Crippen molar-refractivity contribution < 1.29 is 4.42 Å². The maximum Gasteiger partial charge on any atom is 0.137 e. The van der Waals surface area contributed by atoms with Gasteiger partial charge in [-0.05, 0) is 75.8 Å². The van der Waals surface area contributed by atoms with Gasteiger partial charge < -0.3 is 9.32 Å². The molecule has 0 unspecified atom stereocenters. The first-order valence-corrected chi connectivity index (χ1v) is 16.7. The molecular weight excluding hydrogens is 591 g/mol. The second-order valence-electron chi connectivity index (χ2n) is 12.1. The SMILES string of the molecule is c1ccc2c(-c3ccc(N(c4ccc5ccc6c7ccccc7sc6c5c4)c4cccc5oc6ccccc6c45)cc3)cccc2c1. The number of thiophene rings is 1. The molecule has 8 aromatic carbocycles. The van der Waals surface area contributed by atoms with Gasteiger partial charge >= 0.3 is 0 Å². The summed E-state index contributed by atoms with van der Waals surface area (Å²) in [7, 11) is 0. The third-order valence-corrected chi connectivity index (χ3v) is 10.7. The highest BCUT2D eigenvalue weighted by Gasteiger charge is 2.20. The first-order valence-electron chi connectivity index (χ1n) is 15.9. The summed E-state index contributed by atoms with van der Waals surface area (Å²) >= 11 is 1.88. The molecule has 0 spiro atoms. The molecule has 0 aliphatic carbocycles. The normalized spacial score (nSPS) is 11.8. The van der Waals surface area contributed by atoms with E-state index in [4.69, 9.17) is 4.42 Å². The largest absolute Gasteiger partial charge is 0.456 e. The van der Waals surface area contributed by atoms with E-state index in [-0.39, 0.29) is 0 Å². The molecule has 0 aliphatic heterocycles. The van der Waals surface area contributed by atoms with Crippen LogP contribution in [0.2, 0.25) is 0 Å². The number of para-hydroxylation sites is 1. The van der Waals surface area contributed by atoms with Crippen LogP contribution in [-0.2, 0) is 0 Å². The van der Waals surface area contributed by atoms with Crippen molar-refractivity contribution in [2.24, 2.45) is 0 Å². The van der Waals surface area contributed by atoms with Crippen LogP contribution in [0.25, 0.3) is 74.8 Å². The van der Waals surface area contributed by atoms with Crippen LogP contribution in [0.4, 0.5) is 17.1 Å². The van der Waals surface area contributed by atoms with Crippen LogP contribution < -0.4 is 4.90 Å². The van der Waals surface area contributed by atoms with Crippen LogP contribution in [-0.4, -0.2) is 0 Å². The van der Waals surface area contributed by atoms with E-state index in [1.807, 2.05) is 17.4 Å². The summed E-state index contributed by atoms with van der Waals surface area (Å²) < 4.78 is 9.01. The third-order valence-electron chi connectivity index (χ3n) is 9.45. The molecule has 2 aromatic heterocycles. The highest BCUT2D eigenvalue weighted by atomic mass is 32.1. The average Bonchev–Trinajstić information content (AvgIpc) is 3.71. The van der Waals surface area contributed by atoms with Crippen LogP contribution in [0.1, 0.15) is 0 Å². The zero-order valence-electron chi connectivity index (χ0n) is 25.4. The Morgan fingerprint density at radius 1 is 0.447 bits per heavy atom. The lowest BCUT2D eigenvalue weighted by Crippen LogP contribution is -2.10. The quantitative estimate of drug-likeness (QED) is 0.195. The Kier molecular flexibility index (Phi) is 5.78. The van der Waals surface area contributed by atoms with E-state index in [0.29, 0.717) is 0 Å². The summed E-state index contributed by atoms with van der Waals surface area (Å²) in [6.07, 6.45) is 0. The number of rotatable bonds is 4. The number of nitrogens with zero attached hydrogens (tertiary/aromatic N) is 1. The zero-order chi connectivity index (χ0) is 30.9. The molecular formula is C44H27NOS. The molecule has 0 atom stereocenters. The van der Waals surface area contributed by atoms with Crippen molar-refractivity contribution in [1.82, 2.24) is 0 Å². The average molecular weight is 618 g/mol. The Hall–Kier alpha value is -5.90. The molecule has 3 heteroatoms. The number of anilines is 3. The van der Waals surface area contributed by atoms with Gasteiger partial charge in [0.05, 0.1) is 11.1 Å². The summed E-state index contributed by atoms with van der Waals surface area (Å²) in [6.45, 7) is 0. The molecule has 0 bridgehead atoms. The third kappa shape index (κ3) is 4.10. The van der Waals surface area contributed by atoms with Crippen LogP contribution >= 0.6 is 11.3 Å². The Morgan fingerprint density at radius 2 is 1.13 bits per heavy atom. The van der Waals surface area contributed by atoms with Crippen LogP contribution in [0, 0.1) is 0 Å². The summed E-state index contributed by atoms with van der Waals surface area (Å²) in [5, 5.41) is 9.87. The number of furan rings is 1. The molecule has 0 fully saturated rings. The van der Waals surface area contributed by atoms with E-state index in [2.05, 4.69) is 163 Å². The molecule has 0 saturated heterocycles. The van der Waals surface area contributed by atoms with Gasteiger partial charge in [-0.15, -0.1) is 11.3 Å². The fourth-order valence-corrected chi connectivity index (χ4v) is 8.50. The van der Waals surface area contributed by atoms with Gasteiger partial charge in [0, 0.05) is 42.3 Å². The molecule has 10 aromatic rings. The van der Waals surface area contributed by atoms with E-state index >= 15 is 0 Å². The molecule has 47 heavy (non-hydrogen) atoms. The second kappa shape index (κ2) is 10.3. The molecule has 0 saturated carbocycles. The molecule has 0 radical (unpaired) electrons. The standard InChI is InChI=1S/C44H27NOS/c1-2-11-33-28(9-1)10-7-14-34(33)29-19-23-31(24-20-29)45(39-15-8-17-41-43(39)37-13-3-5-16-40(37)46-41)32-25-21-30-22-26-36-35-12-4-6-18-42(35)47-44(36)38(30)27-32/h1-27H.